The molecule has 0 unspecified atom stereocenters. The second kappa shape index (κ2) is 8.94. The summed E-state index contributed by atoms with van der Waals surface area (Å²) in [5, 5.41) is 8.10. The van der Waals surface area contributed by atoms with Crippen LogP contribution >= 0.6 is 0 Å². The number of esters is 1. The monoisotopic (exact) mass is 334 g/mol. The fourth-order valence-corrected chi connectivity index (χ4v) is 2.64. The Morgan fingerprint density at radius 2 is 2.00 bits per heavy atom. The van der Waals surface area contributed by atoms with Crippen LogP contribution in [0.2, 0.25) is 0 Å². The number of carbonyl (C=O) groups is 1. The number of hydrogen-bond donors (Lipinski definition) is 2. The highest BCUT2D eigenvalue weighted by Crippen LogP contribution is 2.18. The number of sulfonamides is 1. The van der Waals surface area contributed by atoms with E-state index in [4.69, 9.17) is 9.88 Å². The summed E-state index contributed by atoms with van der Waals surface area (Å²) in [6.07, 6.45) is 1.41. The van der Waals surface area contributed by atoms with Crippen molar-refractivity contribution < 1.29 is 17.9 Å². The largest absolute Gasteiger partial charge is 0.466 e. The van der Waals surface area contributed by atoms with Gasteiger partial charge < -0.3 is 15.0 Å². The lowest BCUT2D eigenvalue weighted by atomic mass is 9.97. The lowest BCUT2D eigenvalue weighted by Crippen LogP contribution is -2.47. The standard InChI is InChI=1S/C13H26N4O4S/c1-3-15-13(16-7-10-22(14,19)20)17-8-5-11(6-9-17)12(18)21-4-2/h11H,3-10H2,1-2H3,(H,15,16)(H2,14,19,20). The van der Waals surface area contributed by atoms with Crippen molar-refractivity contribution in [3.8, 4) is 0 Å². The van der Waals surface area contributed by atoms with Crippen LogP contribution < -0.4 is 10.5 Å². The molecular weight excluding hydrogens is 308 g/mol. The molecule has 0 aromatic rings. The zero-order valence-electron chi connectivity index (χ0n) is 13.2. The maximum absolute atomic E-state index is 11.7. The van der Waals surface area contributed by atoms with Gasteiger partial charge in [-0.3, -0.25) is 9.79 Å². The van der Waals surface area contributed by atoms with Crippen LogP contribution in [0.3, 0.4) is 0 Å². The molecule has 22 heavy (non-hydrogen) atoms. The number of aliphatic imine (C=N–C) groups is 1. The molecule has 0 bridgehead atoms. The van der Waals surface area contributed by atoms with Crippen molar-refractivity contribution in [1.29, 1.82) is 0 Å². The van der Waals surface area contributed by atoms with Gasteiger partial charge in [0.25, 0.3) is 0 Å². The fourth-order valence-electron chi connectivity index (χ4n) is 2.29. The Kier molecular flexibility index (Phi) is 7.60. The van der Waals surface area contributed by atoms with E-state index < -0.39 is 10.0 Å². The van der Waals surface area contributed by atoms with E-state index in [1.807, 2.05) is 11.8 Å². The number of rotatable bonds is 6. The van der Waals surface area contributed by atoms with Gasteiger partial charge in [-0.05, 0) is 26.7 Å². The molecule has 1 aliphatic heterocycles. The van der Waals surface area contributed by atoms with Gasteiger partial charge in [-0.1, -0.05) is 0 Å². The number of piperidine rings is 1. The second-order valence-electron chi connectivity index (χ2n) is 5.12. The first-order valence-corrected chi connectivity index (χ1v) is 9.29. The number of guanidine groups is 1. The number of carbonyl (C=O) groups excluding carboxylic acids is 1. The fraction of sp³-hybridized carbons (Fsp3) is 0.846. The van der Waals surface area contributed by atoms with Crippen molar-refractivity contribution in [2.24, 2.45) is 16.0 Å². The van der Waals surface area contributed by atoms with Crippen LogP contribution in [0.4, 0.5) is 0 Å². The number of ether oxygens (including phenoxy) is 1. The molecule has 0 spiro atoms. The normalized spacial score (nSPS) is 17.4. The molecule has 0 aromatic carbocycles. The maximum atomic E-state index is 11.7. The van der Waals surface area contributed by atoms with E-state index in [2.05, 4.69) is 10.3 Å². The average Bonchev–Trinajstić information content (AvgIpc) is 2.45. The van der Waals surface area contributed by atoms with E-state index in [0.717, 1.165) is 0 Å². The van der Waals surface area contributed by atoms with Gasteiger partial charge in [0.05, 0.1) is 24.8 Å². The Hall–Kier alpha value is -1.35. The van der Waals surface area contributed by atoms with Crippen molar-refractivity contribution >= 4 is 22.0 Å². The molecule has 0 aromatic heterocycles. The quantitative estimate of drug-likeness (QED) is 0.385. The molecule has 1 saturated heterocycles. The Morgan fingerprint density at radius 3 is 2.50 bits per heavy atom. The molecular formula is C13H26N4O4S. The summed E-state index contributed by atoms with van der Waals surface area (Å²) in [6.45, 7) is 6.33. The average molecular weight is 334 g/mol. The highest BCUT2D eigenvalue weighted by atomic mass is 32.2. The third kappa shape index (κ3) is 6.61. The minimum absolute atomic E-state index is 0.0662. The first-order valence-electron chi connectivity index (χ1n) is 7.57. The Morgan fingerprint density at radius 1 is 1.36 bits per heavy atom. The highest BCUT2D eigenvalue weighted by Gasteiger charge is 2.27. The lowest BCUT2D eigenvalue weighted by molar-refractivity contribution is -0.149. The molecule has 0 saturated carbocycles. The third-order valence-corrected chi connectivity index (χ3v) is 4.14. The number of hydrogen-bond acceptors (Lipinski definition) is 5. The van der Waals surface area contributed by atoms with E-state index in [0.29, 0.717) is 45.0 Å². The van der Waals surface area contributed by atoms with Crippen molar-refractivity contribution in [3.05, 3.63) is 0 Å². The van der Waals surface area contributed by atoms with E-state index in [1.165, 1.54) is 0 Å². The molecule has 128 valence electrons. The van der Waals surface area contributed by atoms with Crippen LogP contribution in [0.1, 0.15) is 26.7 Å². The van der Waals surface area contributed by atoms with E-state index in [-0.39, 0.29) is 24.2 Å². The zero-order chi connectivity index (χ0) is 16.6. The van der Waals surface area contributed by atoms with E-state index >= 15 is 0 Å². The molecule has 1 heterocycles. The van der Waals surface area contributed by atoms with Gasteiger partial charge in [0, 0.05) is 19.6 Å². The molecule has 9 heteroatoms. The summed E-state index contributed by atoms with van der Waals surface area (Å²) < 4.78 is 26.9. The third-order valence-electron chi connectivity index (χ3n) is 3.39. The second-order valence-corrected chi connectivity index (χ2v) is 6.85. The predicted octanol–water partition coefficient (Wildman–Crippen LogP) is -0.484. The number of nitrogens with two attached hydrogens (primary N) is 1. The van der Waals surface area contributed by atoms with Crippen LogP contribution in [-0.2, 0) is 19.6 Å². The zero-order valence-corrected chi connectivity index (χ0v) is 14.1. The maximum Gasteiger partial charge on any atom is 0.309 e. The van der Waals surface area contributed by atoms with E-state index in [9.17, 15) is 13.2 Å². The van der Waals surface area contributed by atoms with Gasteiger partial charge >= 0.3 is 5.97 Å². The molecule has 1 aliphatic rings. The molecule has 1 rings (SSSR count). The van der Waals surface area contributed by atoms with Gasteiger partial charge in [-0.25, -0.2) is 13.6 Å². The van der Waals surface area contributed by atoms with Crippen LogP contribution in [0.15, 0.2) is 4.99 Å². The number of nitrogens with one attached hydrogen (secondary N) is 1. The number of primary sulfonamides is 1. The predicted molar refractivity (Wildman–Crippen MR) is 84.9 cm³/mol. The van der Waals surface area contributed by atoms with Crippen LogP contribution in [0, 0.1) is 5.92 Å². The summed E-state index contributed by atoms with van der Waals surface area (Å²) >= 11 is 0. The topological polar surface area (TPSA) is 114 Å². The molecule has 0 atom stereocenters. The van der Waals surface area contributed by atoms with Crippen molar-refractivity contribution in [2.45, 2.75) is 26.7 Å². The summed E-state index contributed by atoms with van der Waals surface area (Å²) in [4.78, 5) is 18.0. The van der Waals surface area contributed by atoms with Crippen LogP contribution in [0.25, 0.3) is 0 Å². The van der Waals surface area contributed by atoms with Gasteiger partial charge in [0.15, 0.2) is 5.96 Å². The van der Waals surface area contributed by atoms with Crippen LogP contribution in [0.5, 0.6) is 0 Å². The minimum atomic E-state index is -3.51. The minimum Gasteiger partial charge on any atom is -0.466 e. The summed E-state index contributed by atoms with van der Waals surface area (Å²) in [5.74, 6) is 0.275. The smallest absolute Gasteiger partial charge is 0.309 e. The lowest BCUT2D eigenvalue weighted by Gasteiger charge is -2.33. The van der Waals surface area contributed by atoms with E-state index in [1.54, 1.807) is 6.92 Å². The molecule has 1 fully saturated rings. The SMILES string of the molecule is CCNC(=NCCS(N)(=O)=O)N1CCC(C(=O)OCC)CC1. The molecule has 8 nitrogen and oxygen atoms in total. The number of likely N-dealkylation sites (tertiary alicyclic amines) is 1. The van der Waals surface area contributed by atoms with Gasteiger partial charge in [0.1, 0.15) is 0 Å². The molecule has 0 radical (unpaired) electrons. The summed E-state index contributed by atoms with van der Waals surface area (Å²) in [5.41, 5.74) is 0. The molecule has 3 N–H and O–H groups in total. The van der Waals surface area contributed by atoms with Gasteiger partial charge in [-0.15, -0.1) is 0 Å². The van der Waals surface area contributed by atoms with Crippen LogP contribution in [-0.4, -0.2) is 63.8 Å². The highest BCUT2D eigenvalue weighted by molar-refractivity contribution is 7.89. The van der Waals surface area contributed by atoms with Gasteiger partial charge in [0.2, 0.25) is 10.0 Å². The Balaban J connectivity index is 2.56. The first-order chi connectivity index (χ1) is 10.4. The molecule has 0 amide bonds. The molecule has 0 aliphatic carbocycles. The Labute approximate surface area is 132 Å². The van der Waals surface area contributed by atoms with Crippen molar-refractivity contribution in [1.82, 2.24) is 10.2 Å². The van der Waals surface area contributed by atoms with Gasteiger partial charge in [-0.2, -0.15) is 0 Å². The summed E-state index contributed by atoms with van der Waals surface area (Å²) in [6, 6.07) is 0. The van der Waals surface area contributed by atoms with Crippen molar-refractivity contribution in [2.75, 3.05) is 38.5 Å². The Bertz CT molecular complexity index is 484. The summed E-state index contributed by atoms with van der Waals surface area (Å²) in [7, 11) is -3.51. The first kappa shape index (κ1) is 18.7. The number of nitrogens with zero attached hydrogens (tertiary/aromatic N) is 2. The van der Waals surface area contributed by atoms with Crippen molar-refractivity contribution in [3.63, 3.8) is 0 Å².